The van der Waals surface area contributed by atoms with Crippen LogP contribution >= 0.6 is 11.6 Å². The predicted molar refractivity (Wildman–Crippen MR) is 107 cm³/mol. The molecule has 0 spiro atoms. The normalized spacial score (nSPS) is 11.7. The second-order valence-corrected chi connectivity index (χ2v) is 6.92. The molecule has 144 valence electrons. The summed E-state index contributed by atoms with van der Waals surface area (Å²) in [5.74, 6) is 0.578. The van der Waals surface area contributed by atoms with Gasteiger partial charge in [0, 0.05) is 13.1 Å². The first-order valence-corrected chi connectivity index (χ1v) is 9.33. The molecule has 2 N–H and O–H groups in total. The van der Waals surface area contributed by atoms with E-state index in [0.29, 0.717) is 35.3 Å². The van der Waals surface area contributed by atoms with E-state index in [1.54, 1.807) is 31.2 Å². The summed E-state index contributed by atoms with van der Waals surface area (Å²) in [6, 6.07) is 14.5. The van der Waals surface area contributed by atoms with Crippen LogP contribution in [0.4, 0.5) is 0 Å². The van der Waals surface area contributed by atoms with Gasteiger partial charge in [0.15, 0.2) is 6.10 Å². The van der Waals surface area contributed by atoms with Crippen molar-refractivity contribution in [3.8, 4) is 5.75 Å². The first-order chi connectivity index (χ1) is 12.9. The van der Waals surface area contributed by atoms with E-state index in [4.69, 9.17) is 16.3 Å². The molecule has 0 fully saturated rings. The molecule has 0 heterocycles. The van der Waals surface area contributed by atoms with Crippen molar-refractivity contribution in [2.75, 3.05) is 13.1 Å². The molecule has 2 aromatic carbocycles. The number of nitrogens with one attached hydrogen (secondary N) is 2. The van der Waals surface area contributed by atoms with Crippen LogP contribution in [0.5, 0.6) is 5.75 Å². The number of carbonyl (C=O) groups is 2. The number of amides is 2. The van der Waals surface area contributed by atoms with Gasteiger partial charge in [0.25, 0.3) is 11.8 Å². The van der Waals surface area contributed by atoms with E-state index in [-0.39, 0.29) is 11.8 Å². The van der Waals surface area contributed by atoms with Crippen LogP contribution in [0, 0.1) is 0 Å². The molecule has 0 aromatic heterocycles. The van der Waals surface area contributed by atoms with E-state index in [1.807, 2.05) is 24.3 Å². The maximum Gasteiger partial charge on any atom is 0.260 e. The Hall–Kier alpha value is -2.53. The van der Waals surface area contributed by atoms with Crippen LogP contribution in [0.3, 0.4) is 0 Å². The molecule has 1 atom stereocenters. The van der Waals surface area contributed by atoms with E-state index in [1.165, 1.54) is 5.56 Å². The summed E-state index contributed by atoms with van der Waals surface area (Å²) in [6.07, 6.45) is -0.630. The molecule has 2 amide bonds. The fourth-order valence-electron chi connectivity index (χ4n) is 2.43. The van der Waals surface area contributed by atoms with Crippen molar-refractivity contribution in [2.45, 2.75) is 32.8 Å². The van der Waals surface area contributed by atoms with E-state index < -0.39 is 6.10 Å². The zero-order valence-electron chi connectivity index (χ0n) is 15.8. The average molecular weight is 389 g/mol. The topological polar surface area (TPSA) is 67.4 Å². The van der Waals surface area contributed by atoms with Gasteiger partial charge in [0.1, 0.15) is 5.75 Å². The minimum atomic E-state index is -0.630. The summed E-state index contributed by atoms with van der Waals surface area (Å²) in [6.45, 7) is 6.53. The van der Waals surface area contributed by atoms with Gasteiger partial charge < -0.3 is 15.4 Å². The van der Waals surface area contributed by atoms with Crippen molar-refractivity contribution in [3.63, 3.8) is 0 Å². The molecular formula is C21H25ClN2O3. The summed E-state index contributed by atoms with van der Waals surface area (Å²) in [5.41, 5.74) is 1.63. The van der Waals surface area contributed by atoms with Crippen LogP contribution in [0.25, 0.3) is 0 Å². The Morgan fingerprint density at radius 2 is 1.59 bits per heavy atom. The molecule has 0 bridgehead atoms. The molecule has 0 saturated carbocycles. The number of benzene rings is 2. The predicted octanol–water partition coefficient (Wildman–Crippen LogP) is 3.78. The third-order valence-electron chi connectivity index (χ3n) is 4.06. The van der Waals surface area contributed by atoms with Gasteiger partial charge in [-0.2, -0.15) is 0 Å². The van der Waals surface area contributed by atoms with E-state index >= 15 is 0 Å². The molecule has 0 radical (unpaired) electrons. The van der Waals surface area contributed by atoms with E-state index in [0.717, 1.165) is 0 Å². The van der Waals surface area contributed by atoms with Gasteiger partial charge >= 0.3 is 0 Å². The number of hydrogen-bond donors (Lipinski definition) is 2. The zero-order chi connectivity index (χ0) is 19.8. The van der Waals surface area contributed by atoms with E-state index in [2.05, 4.69) is 24.5 Å². The highest BCUT2D eigenvalue weighted by Gasteiger charge is 2.14. The molecule has 6 heteroatoms. The van der Waals surface area contributed by atoms with Crippen molar-refractivity contribution in [1.82, 2.24) is 10.6 Å². The van der Waals surface area contributed by atoms with Crippen LogP contribution in [-0.4, -0.2) is 31.0 Å². The van der Waals surface area contributed by atoms with Crippen LogP contribution in [0.1, 0.15) is 42.6 Å². The summed E-state index contributed by atoms with van der Waals surface area (Å²) in [7, 11) is 0. The Kier molecular flexibility index (Phi) is 7.67. The number of rotatable bonds is 8. The largest absolute Gasteiger partial charge is 0.481 e. The lowest BCUT2D eigenvalue weighted by Crippen LogP contribution is -2.40. The minimum Gasteiger partial charge on any atom is -0.481 e. The minimum absolute atomic E-state index is 0.241. The molecule has 2 aromatic rings. The monoisotopic (exact) mass is 388 g/mol. The van der Waals surface area contributed by atoms with E-state index in [9.17, 15) is 9.59 Å². The molecule has 0 aliphatic rings. The summed E-state index contributed by atoms with van der Waals surface area (Å²) >= 11 is 5.98. The quantitative estimate of drug-likeness (QED) is 0.676. The third kappa shape index (κ3) is 6.29. The molecule has 0 aliphatic carbocycles. The average Bonchev–Trinajstić information content (AvgIpc) is 2.65. The van der Waals surface area contributed by atoms with Crippen LogP contribution in [0.2, 0.25) is 5.02 Å². The maximum absolute atomic E-state index is 12.1. The third-order valence-corrected chi connectivity index (χ3v) is 4.39. The van der Waals surface area contributed by atoms with Crippen molar-refractivity contribution >= 4 is 23.4 Å². The van der Waals surface area contributed by atoms with Gasteiger partial charge in [0.2, 0.25) is 0 Å². The smallest absolute Gasteiger partial charge is 0.260 e. The molecule has 27 heavy (non-hydrogen) atoms. The molecular weight excluding hydrogens is 364 g/mol. The molecule has 0 aliphatic heterocycles. The number of halogens is 1. The first kappa shape index (κ1) is 20.8. The van der Waals surface area contributed by atoms with Gasteiger partial charge in [-0.05, 0) is 42.7 Å². The lowest BCUT2D eigenvalue weighted by atomic mass is 10.0. The van der Waals surface area contributed by atoms with Crippen molar-refractivity contribution in [2.24, 2.45) is 0 Å². The Bertz CT molecular complexity index is 775. The highest BCUT2D eigenvalue weighted by Crippen LogP contribution is 2.19. The summed E-state index contributed by atoms with van der Waals surface area (Å²) in [4.78, 5) is 24.1. The summed E-state index contributed by atoms with van der Waals surface area (Å²) < 4.78 is 5.66. The highest BCUT2D eigenvalue weighted by molar-refractivity contribution is 6.33. The van der Waals surface area contributed by atoms with Crippen molar-refractivity contribution < 1.29 is 14.3 Å². The molecule has 2 rings (SSSR count). The Morgan fingerprint density at radius 3 is 2.22 bits per heavy atom. The molecule has 5 nitrogen and oxygen atoms in total. The zero-order valence-corrected chi connectivity index (χ0v) is 16.5. The van der Waals surface area contributed by atoms with Gasteiger partial charge in [-0.1, -0.05) is 49.7 Å². The number of hydrogen-bond acceptors (Lipinski definition) is 3. The maximum atomic E-state index is 12.1. The van der Waals surface area contributed by atoms with Crippen LogP contribution < -0.4 is 15.4 Å². The lowest BCUT2D eigenvalue weighted by Gasteiger charge is -2.15. The lowest BCUT2D eigenvalue weighted by molar-refractivity contribution is -0.127. The number of carbonyl (C=O) groups excluding carboxylic acids is 2. The van der Waals surface area contributed by atoms with Gasteiger partial charge in [0.05, 0.1) is 10.6 Å². The fourth-order valence-corrected chi connectivity index (χ4v) is 2.66. The number of ether oxygens (including phenoxy) is 1. The Morgan fingerprint density at radius 1 is 0.963 bits per heavy atom. The summed E-state index contributed by atoms with van der Waals surface area (Å²) in [5, 5.41) is 5.86. The fraction of sp³-hybridized carbons (Fsp3) is 0.333. The van der Waals surface area contributed by atoms with Crippen LogP contribution in [-0.2, 0) is 4.79 Å². The first-order valence-electron chi connectivity index (χ1n) is 8.95. The van der Waals surface area contributed by atoms with Crippen LogP contribution in [0.15, 0.2) is 48.5 Å². The van der Waals surface area contributed by atoms with Gasteiger partial charge in [-0.15, -0.1) is 0 Å². The standard InChI is InChI=1S/C21H25ClN2O3/c1-14(2)16-8-10-17(11-9-16)27-15(3)20(25)23-12-13-24-21(26)18-6-4-5-7-19(18)22/h4-11,14-15H,12-13H2,1-3H3,(H,23,25)(H,24,26). The SMILES string of the molecule is CC(Oc1ccc(C(C)C)cc1)C(=O)NCCNC(=O)c1ccccc1Cl. The molecule has 1 unspecified atom stereocenters. The second kappa shape index (κ2) is 9.97. The van der Waals surface area contributed by atoms with Crippen molar-refractivity contribution in [1.29, 1.82) is 0 Å². The second-order valence-electron chi connectivity index (χ2n) is 6.51. The Labute approximate surface area is 165 Å². The highest BCUT2D eigenvalue weighted by atomic mass is 35.5. The van der Waals surface area contributed by atoms with Gasteiger partial charge in [-0.25, -0.2) is 0 Å². The van der Waals surface area contributed by atoms with Crippen molar-refractivity contribution in [3.05, 3.63) is 64.7 Å². The molecule has 0 saturated heterocycles. The Balaban J connectivity index is 1.73. The van der Waals surface area contributed by atoms with Gasteiger partial charge in [-0.3, -0.25) is 9.59 Å².